The number of hydrogen-bond donors (Lipinski definition) is 0. The van der Waals surface area contributed by atoms with E-state index in [2.05, 4.69) is 5.16 Å². The second-order valence-electron chi connectivity index (χ2n) is 4.22. The Morgan fingerprint density at radius 3 is 2.68 bits per heavy atom. The maximum atomic E-state index is 13.5. The van der Waals surface area contributed by atoms with Crippen molar-refractivity contribution in [1.29, 1.82) is 0 Å². The Balaban J connectivity index is 2.12. The van der Waals surface area contributed by atoms with Gasteiger partial charge in [0.25, 0.3) is 5.91 Å². The fourth-order valence-corrected chi connectivity index (χ4v) is 1.64. The van der Waals surface area contributed by atoms with Gasteiger partial charge in [0.05, 0.1) is 0 Å². The summed E-state index contributed by atoms with van der Waals surface area (Å²) in [6.45, 7) is 1.69. The number of aromatic nitrogens is 1. The fourth-order valence-electron chi connectivity index (χ4n) is 1.64. The van der Waals surface area contributed by atoms with Crippen molar-refractivity contribution in [3.63, 3.8) is 0 Å². The van der Waals surface area contributed by atoms with Gasteiger partial charge in [-0.15, -0.1) is 0 Å². The van der Waals surface area contributed by atoms with Crippen molar-refractivity contribution in [3.8, 4) is 0 Å². The van der Waals surface area contributed by atoms with Gasteiger partial charge < -0.3 is 9.42 Å². The molecule has 0 saturated heterocycles. The van der Waals surface area contributed by atoms with Crippen LogP contribution in [-0.2, 0) is 6.54 Å². The Labute approximate surface area is 108 Å². The molecule has 0 aliphatic rings. The lowest BCUT2D eigenvalue weighted by atomic mass is 10.2. The van der Waals surface area contributed by atoms with Crippen molar-refractivity contribution in [2.75, 3.05) is 7.05 Å². The molecule has 1 aromatic carbocycles. The van der Waals surface area contributed by atoms with Crippen LogP contribution in [0.3, 0.4) is 0 Å². The Bertz CT molecular complexity index is 610. The summed E-state index contributed by atoms with van der Waals surface area (Å²) in [6, 6.07) is 4.74. The van der Waals surface area contributed by atoms with Crippen LogP contribution in [0.4, 0.5) is 8.78 Å². The number of carbonyl (C=O) groups is 1. The van der Waals surface area contributed by atoms with Crippen LogP contribution in [0.2, 0.25) is 0 Å². The number of amides is 1. The molecule has 4 nitrogen and oxygen atoms in total. The highest BCUT2D eigenvalue weighted by molar-refractivity contribution is 5.92. The quantitative estimate of drug-likeness (QED) is 0.857. The van der Waals surface area contributed by atoms with Crippen LogP contribution in [-0.4, -0.2) is 23.0 Å². The van der Waals surface area contributed by atoms with Crippen molar-refractivity contribution >= 4 is 5.91 Å². The second kappa shape index (κ2) is 5.17. The van der Waals surface area contributed by atoms with Crippen molar-refractivity contribution in [1.82, 2.24) is 10.1 Å². The van der Waals surface area contributed by atoms with Crippen LogP contribution in [0.15, 0.2) is 28.8 Å². The molecule has 100 valence electrons. The number of aryl methyl sites for hydroxylation is 1. The van der Waals surface area contributed by atoms with Gasteiger partial charge in [0.15, 0.2) is 5.69 Å². The highest BCUT2D eigenvalue weighted by Gasteiger charge is 2.17. The largest absolute Gasteiger partial charge is 0.361 e. The van der Waals surface area contributed by atoms with Crippen molar-refractivity contribution in [2.45, 2.75) is 13.5 Å². The molecule has 1 amide bonds. The Hall–Kier alpha value is -2.24. The molecule has 0 unspecified atom stereocenters. The van der Waals surface area contributed by atoms with Gasteiger partial charge in [0.2, 0.25) is 0 Å². The molecular formula is C13H12F2N2O2. The number of benzene rings is 1. The average molecular weight is 266 g/mol. The number of rotatable bonds is 3. The predicted octanol–water partition coefficient (Wildman–Crippen LogP) is 2.53. The monoisotopic (exact) mass is 266 g/mol. The Morgan fingerprint density at radius 1 is 1.37 bits per heavy atom. The molecule has 1 heterocycles. The zero-order valence-electron chi connectivity index (χ0n) is 10.5. The molecule has 2 aromatic rings. The molecule has 0 atom stereocenters. The van der Waals surface area contributed by atoms with E-state index in [0.717, 1.165) is 12.1 Å². The molecule has 0 fully saturated rings. The minimum absolute atomic E-state index is 0.0247. The molecule has 0 aliphatic heterocycles. The topological polar surface area (TPSA) is 46.3 Å². The highest BCUT2D eigenvalue weighted by Crippen LogP contribution is 2.13. The van der Waals surface area contributed by atoms with Crippen LogP contribution in [0.25, 0.3) is 0 Å². The highest BCUT2D eigenvalue weighted by atomic mass is 19.1. The van der Waals surface area contributed by atoms with Gasteiger partial charge in [-0.25, -0.2) is 8.78 Å². The standard InChI is InChI=1S/C13H12F2N2O2/c1-8-5-12(16-19-8)13(18)17(2)7-9-3-4-10(14)6-11(9)15/h3-6H,7H2,1-2H3. The van der Waals surface area contributed by atoms with Crippen molar-refractivity contribution < 1.29 is 18.1 Å². The molecule has 0 bridgehead atoms. The molecule has 19 heavy (non-hydrogen) atoms. The van der Waals surface area contributed by atoms with Crippen molar-refractivity contribution in [2.24, 2.45) is 0 Å². The number of nitrogens with zero attached hydrogens (tertiary/aromatic N) is 2. The molecule has 6 heteroatoms. The zero-order valence-corrected chi connectivity index (χ0v) is 10.5. The lowest BCUT2D eigenvalue weighted by Gasteiger charge is -2.16. The molecular weight excluding hydrogens is 254 g/mol. The Morgan fingerprint density at radius 2 is 2.11 bits per heavy atom. The minimum Gasteiger partial charge on any atom is -0.361 e. The molecule has 0 radical (unpaired) electrons. The summed E-state index contributed by atoms with van der Waals surface area (Å²) in [5.41, 5.74) is 0.389. The van der Waals surface area contributed by atoms with E-state index in [4.69, 9.17) is 4.52 Å². The predicted molar refractivity (Wildman–Crippen MR) is 63.4 cm³/mol. The van der Waals surface area contributed by atoms with Crippen LogP contribution in [0, 0.1) is 18.6 Å². The molecule has 2 rings (SSSR count). The van der Waals surface area contributed by atoms with Crippen molar-refractivity contribution in [3.05, 3.63) is 52.9 Å². The third kappa shape index (κ3) is 2.96. The SMILES string of the molecule is Cc1cc(C(=O)N(C)Cc2ccc(F)cc2F)no1. The van der Waals surface area contributed by atoms with Crippen LogP contribution < -0.4 is 0 Å². The minimum atomic E-state index is -0.684. The zero-order chi connectivity index (χ0) is 14.0. The number of hydrogen-bond acceptors (Lipinski definition) is 3. The van der Waals surface area contributed by atoms with Gasteiger partial charge in [-0.05, 0) is 13.0 Å². The van der Waals surface area contributed by atoms with Gasteiger partial charge in [0, 0.05) is 31.3 Å². The van der Waals surface area contributed by atoms with Gasteiger partial charge in [-0.2, -0.15) is 0 Å². The molecule has 0 aliphatic carbocycles. The lowest BCUT2D eigenvalue weighted by Crippen LogP contribution is -2.26. The van der Waals surface area contributed by atoms with Gasteiger partial charge >= 0.3 is 0 Å². The van der Waals surface area contributed by atoms with Gasteiger partial charge in [-0.1, -0.05) is 11.2 Å². The first-order chi connectivity index (χ1) is 8.97. The van der Waals surface area contributed by atoms with Crippen LogP contribution >= 0.6 is 0 Å². The van der Waals surface area contributed by atoms with E-state index in [1.54, 1.807) is 6.92 Å². The van der Waals surface area contributed by atoms with E-state index in [9.17, 15) is 13.6 Å². The first kappa shape index (κ1) is 13.2. The summed E-state index contributed by atoms with van der Waals surface area (Å²) in [5.74, 6) is -1.20. The fraction of sp³-hybridized carbons (Fsp3) is 0.231. The van der Waals surface area contributed by atoms with E-state index in [1.165, 1.54) is 24.1 Å². The molecule has 0 spiro atoms. The van der Waals surface area contributed by atoms with E-state index in [-0.39, 0.29) is 23.7 Å². The summed E-state index contributed by atoms with van der Waals surface area (Å²) < 4.78 is 31.0. The first-order valence-electron chi connectivity index (χ1n) is 5.60. The van der Waals surface area contributed by atoms with E-state index < -0.39 is 11.6 Å². The second-order valence-corrected chi connectivity index (χ2v) is 4.22. The van der Waals surface area contributed by atoms with E-state index >= 15 is 0 Å². The summed E-state index contributed by atoms with van der Waals surface area (Å²) >= 11 is 0. The number of halogens is 2. The van der Waals surface area contributed by atoms with Crippen LogP contribution in [0.5, 0.6) is 0 Å². The van der Waals surface area contributed by atoms with E-state index in [0.29, 0.717) is 5.76 Å². The van der Waals surface area contributed by atoms with Gasteiger partial charge in [-0.3, -0.25) is 4.79 Å². The lowest BCUT2D eigenvalue weighted by molar-refractivity contribution is 0.0773. The number of carbonyl (C=O) groups excluding carboxylic acids is 1. The van der Waals surface area contributed by atoms with Crippen LogP contribution in [0.1, 0.15) is 21.8 Å². The first-order valence-corrected chi connectivity index (χ1v) is 5.60. The average Bonchev–Trinajstić information content (AvgIpc) is 2.78. The van der Waals surface area contributed by atoms with Gasteiger partial charge in [0.1, 0.15) is 17.4 Å². The summed E-state index contributed by atoms with van der Waals surface area (Å²) in [6.07, 6.45) is 0. The molecule has 0 N–H and O–H groups in total. The summed E-state index contributed by atoms with van der Waals surface area (Å²) in [5, 5.41) is 3.59. The maximum Gasteiger partial charge on any atom is 0.276 e. The Kier molecular flexibility index (Phi) is 3.59. The third-order valence-electron chi connectivity index (χ3n) is 2.62. The normalized spacial score (nSPS) is 10.5. The molecule has 1 aromatic heterocycles. The summed E-state index contributed by atoms with van der Waals surface area (Å²) in [7, 11) is 1.51. The maximum absolute atomic E-state index is 13.5. The smallest absolute Gasteiger partial charge is 0.276 e. The molecule has 0 saturated carbocycles. The summed E-state index contributed by atoms with van der Waals surface area (Å²) in [4.78, 5) is 13.2. The van der Waals surface area contributed by atoms with E-state index in [1.807, 2.05) is 0 Å². The third-order valence-corrected chi connectivity index (χ3v) is 2.62.